The highest BCUT2D eigenvalue weighted by Gasteiger charge is 2.30. The largest absolute Gasteiger partial charge is 0.394 e. The van der Waals surface area contributed by atoms with Crippen LogP contribution in [0.3, 0.4) is 0 Å². The van der Waals surface area contributed by atoms with Crippen LogP contribution in [0.25, 0.3) is 0 Å². The highest BCUT2D eigenvalue weighted by Crippen LogP contribution is 2.31. The van der Waals surface area contributed by atoms with E-state index in [0.29, 0.717) is 6.54 Å². The van der Waals surface area contributed by atoms with Crippen LogP contribution in [0.1, 0.15) is 17.2 Å². The van der Waals surface area contributed by atoms with Gasteiger partial charge in [0.15, 0.2) is 0 Å². The topological polar surface area (TPSA) is 35.8 Å². The zero-order chi connectivity index (χ0) is 14.5. The van der Waals surface area contributed by atoms with Crippen LogP contribution in [0.5, 0.6) is 0 Å². The Morgan fingerprint density at radius 2 is 1.43 bits per heavy atom. The van der Waals surface area contributed by atoms with Gasteiger partial charge in [0.05, 0.1) is 19.2 Å². The average Bonchev–Trinajstić information content (AvgIpc) is 2.51. The predicted octanol–water partition coefficient (Wildman–Crippen LogP) is 2.52. The fraction of sp³-hybridized carbons (Fsp3) is 0.278. The van der Waals surface area contributed by atoms with Crippen molar-refractivity contribution in [3.8, 4) is 0 Å². The van der Waals surface area contributed by atoms with Gasteiger partial charge in [-0.05, 0) is 11.1 Å². The Hall–Kier alpha value is -1.97. The molecule has 0 radical (unpaired) electrons. The minimum absolute atomic E-state index is 0.129. The molecule has 0 bridgehead atoms. The Bertz CT molecular complexity index is 548. The van der Waals surface area contributed by atoms with Gasteiger partial charge in [-0.25, -0.2) is 0 Å². The second kappa shape index (κ2) is 6.66. The van der Waals surface area contributed by atoms with E-state index in [0.717, 1.165) is 13.1 Å². The Kier molecular flexibility index (Phi) is 4.43. The van der Waals surface area contributed by atoms with Crippen LogP contribution in [-0.4, -0.2) is 42.0 Å². The first-order valence-electron chi connectivity index (χ1n) is 7.35. The predicted molar refractivity (Wildman–Crippen MR) is 85.7 cm³/mol. The van der Waals surface area contributed by atoms with E-state index in [1.807, 2.05) is 0 Å². The quantitative estimate of drug-likeness (QED) is 0.913. The van der Waals surface area contributed by atoms with Crippen LogP contribution in [0.2, 0.25) is 0 Å². The molecule has 108 valence electrons. The van der Waals surface area contributed by atoms with E-state index in [1.54, 1.807) is 0 Å². The monoisotopic (exact) mass is 280 g/mol. The van der Waals surface area contributed by atoms with Crippen LogP contribution in [0, 0.1) is 0 Å². The molecule has 1 fully saturated rings. The summed E-state index contributed by atoms with van der Waals surface area (Å²) in [6, 6.07) is 21.5. The van der Waals surface area contributed by atoms with Crippen molar-refractivity contribution in [3.05, 3.63) is 71.8 Å². The van der Waals surface area contributed by atoms with E-state index >= 15 is 0 Å². The Labute approximate surface area is 125 Å². The standard InChI is InChI=1S/C18H20N2O/c21-12-11-19-17-13-20(14-17)18(15-7-3-1-4-8-15)16-9-5-2-6-10-16/h1-10,18,21H,11-14H2. The lowest BCUT2D eigenvalue weighted by atomic mass is 9.94. The van der Waals surface area contributed by atoms with Crippen LogP contribution in [-0.2, 0) is 0 Å². The van der Waals surface area contributed by atoms with Crippen molar-refractivity contribution in [3.63, 3.8) is 0 Å². The number of benzene rings is 2. The number of aliphatic hydroxyl groups is 1. The number of hydrogen-bond acceptors (Lipinski definition) is 3. The molecule has 1 aliphatic heterocycles. The van der Waals surface area contributed by atoms with Crippen molar-refractivity contribution in [1.82, 2.24) is 4.90 Å². The second-order valence-electron chi connectivity index (χ2n) is 5.30. The van der Waals surface area contributed by atoms with Crippen molar-refractivity contribution < 1.29 is 5.11 Å². The third kappa shape index (κ3) is 3.20. The average molecular weight is 280 g/mol. The summed E-state index contributed by atoms with van der Waals surface area (Å²) in [4.78, 5) is 6.81. The molecule has 0 atom stereocenters. The summed E-state index contributed by atoms with van der Waals surface area (Å²) in [5, 5.41) is 8.85. The molecule has 1 heterocycles. The summed E-state index contributed by atoms with van der Waals surface area (Å²) < 4.78 is 0. The van der Waals surface area contributed by atoms with E-state index < -0.39 is 0 Å². The van der Waals surface area contributed by atoms with Gasteiger partial charge in [0.1, 0.15) is 0 Å². The molecule has 1 N–H and O–H groups in total. The smallest absolute Gasteiger partial charge is 0.0626 e. The van der Waals surface area contributed by atoms with Crippen molar-refractivity contribution in [2.24, 2.45) is 4.99 Å². The normalized spacial score (nSPS) is 15.0. The Balaban J connectivity index is 1.82. The molecule has 0 unspecified atom stereocenters. The van der Waals surface area contributed by atoms with E-state index in [-0.39, 0.29) is 12.6 Å². The number of aliphatic imine (C=N–C) groups is 1. The van der Waals surface area contributed by atoms with Crippen LogP contribution < -0.4 is 0 Å². The van der Waals surface area contributed by atoms with E-state index in [9.17, 15) is 0 Å². The molecule has 2 aromatic rings. The van der Waals surface area contributed by atoms with Gasteiger partial charge in [0, 0.05) is 18.8 Å². The summed E-state index contributed by atoms with van der Waals surface area (Å²) in [7, 11) is 0. The summed E-state index contributed by atoms with van der Waals surface area (Å²) >= 11 is 0. The molecule has 3 nitrogen and oxygen atoms in total. The van der Waals surface area contributed by atoms with Crippen molar-refractivity contribution in [1.29, 1.82) is 0 Å². The number of nitrogens with zero attached hydrogens (tertiary/aromatic N) is 2. The maximum absolute atomic E-state index is 8.85. The first-order chi connectivity index (χ1) is 10.4. The highest BCUT2D eigenvalue weighted by atomic mass is 16.3. The van der Waals surface area contributed by atoms with Crippen molar-refractivity contribution in [2.75, 3.05) is 26.2 Å². The van der Waals surface area contributed by atoms with Crippen LogP contribution in [0.4, 0.5) is 0 Å². The lowest BCUT2D eigenvalue weighted by Crippen LogP contribution is -2.49. The third-order valence-electron chi connectivity index (χ3n) is 3.80. The molecule has 0 aromatic heterocycles. The van der Waals surface area contributed by atoms with Gasteiger partial charge in [-0.3, -0.25) is 9.89 Å². The minimum Gasteiger partial charge on any atom is -0.394 e. The molecule has 3 heteroatoms. The molecule has 0 amide bonds. The highest BCUT2D eigenvalue weighted by molar-refractivity contribution is 5.93. The van der Waals surface area contributed by atoms with E-state index in [1.165, 1.54) is 16.8 Å². The second-order valence-corrected chi connectivity index (χ2v) is 5.30. The van der Waals surface area contributed by atoms with Crippen molar-refractivity contribution in [2.45, 2.75) is 6.04 Å². The maximum Gasteiger partial charge on any atom is 0.0626 e. The first kappa shape index (κ1) is 14.0. The van der Waals surface area contributed by atoms with E-state index in [4.69, 9.17) is 5.11 Å². The number of likely N-dealkylation sites (tertiary alicyclic amines) is 1. The SMILES string of the molecule is OCCN=C1CN(C(c2ccccc2)c2ccccc2)C1. The zero-order valence-electron chi connectivity index (χ0n) is 12.0. The van der Waals surface area contributed by atoms with Gasteiger partial charge in [0.2, 0.25) is 0 Å². The lowest BCUT2D eigenvalue weighted by molar-refractivity contribution is 0.248. The van der Waals surface area contributed by atoms with Crippen molar-refractivity contribution >= 4 is 5.71 Å². The number of aliphatic hydroxyl groups excluding tert-OH is 1. The van der Waals surface area contributed by atoms with Gasteiger partial charge in [-0.15, -0.1) is 0 Å². The minimum atomic E-state index is 0.129. The number of rotatable bonds is 5. The molecule has 0 spiro atoms. The summed E-state index contributed by atoms with van der Waals surface area (Å²) in [6.07, 6.45) is 0. The Morgan fingerprint density at radius 3 is 1.90 bits per heavy atom. The first-order valence-corrected chi connectivity index (χ1v) is 7.35. The summed E-state index contributed by atoms with van der Waals surface area (Å²) in [5.41, 5.74) is 3.80. The molecular formula is C18H20N2O. The molecule has 0 aliphatic carbocycles. The fourth-order valence-electron chi connectivity index (χ4n) is 2.80. The van der Waals surface area contributed by atoms with Gasteiger partial charge < -0.3 is 5.11 Å². The van der Waals surface area contributed by atoms with Crippen LogP contribution in [0.15, 0.2) is 65.7 Å². The Morgan fingerprint density at radius 1 is 0.905 bits per heavy atom. The van der Waals surface area contributed by atoms with Gasteiger partial charge in [0.25, 0.3) is 0 Å². The van der Waals surface area contributed by atoms with E-state index in [2.05, 4.69) is 70.6 Å². The van der Waals surface area contributed by atoms with Gasteiger partial charge in [-0.2, -0.15) is 0 Å². The molecule has 1 saturated heterocycles. The summed E-state index contributed by atoms with van der Waals surface area (Å²) in [5.74, 6) is 0. The molecule has 1 aliphatic rings. The fourth-order valence-corrected chi connectivity index (χ4v) is 2.80. The van der Waals surface area contributed by atoms with Gasteiger partial charge >= 0.3 is 0 Å². The zero-order valence-corrected chi connectivity index (χ0v) is 12.0. The third-order valence-corrected chi connectivity index (χ3v) is 3.80. The molecular weight excluding hydrogens is 260 g/mol. The molecule has 2 aromatic carbocycles. The van der Waals surface area contributed by atoms with Gasteiger partial charge in [-0.1, -0.05) is 60.7 Å². The summed E-state index contributed by atoms with van der Waals surface area (Å²) in [6.45, 7) is 2.41. The molecule has 21 heavy (non-hydrogen) atoms. The molecule has 0 saturated carbocycles. The maximum atomic E-state index is 8.85. The lowest BCUT2D eigenvalue weighted by Gasteiger charge is -2.40. The number of hydrogen-bond donors (Lipinski definition) is 1. The molecule has 3 rings (SSSR count). The van der Waals surface area contributed by atoms with Crippen LogP contribution >= 0.6 is 0 Å².